The highest BCUT2D eigenvalue weighted by Crippen LogP contribution is 2.45. The molecule has 0 amide bonds. The molecule has 0 saturated heterocycles. The predicted molar refractivity (Wildman–Crippen MR) is 144 cm³/mol. The highest BCUT2D eigenvalue weighted by atomic mass is 35.5. The molecule has 1 fully saturated rings. The van der Waals surface area contributed by atoms with Crippen molar-refractivity contribution >= 4 is 46.7 Å². The third-order valence-electron chi connectivity index (χ3n) is 6.13. The van der Waals surface area contributed by atoms with Crippen LogP contribution >= 0.6 is 23.5 Å². The van der Waals surface area contributed by atoms with Gasteiger partial charge in [0.25, 0.3) is 5.78 Å². The Hall–Kier alpha value is -2.80. The quantitative estimate of drug-likeness (QED) is 0.222. The fraction of sp³-hybridized carbons (Fsp3) is 0.286. The van der Waals surface area contributed by atoms with Gasteiger partial charge in [0.2, 0.25) is 0 Å². The molecule has 1 aliphatic carbocycles. The van der Waals surface area contributed by atoms with Crippen molar-refractivity contribution in [1.29, 1.82) is 0 Å². The maximum absolute atomic E-state index is 11.8. The largest absolute Gasteiger partial charge is 0.475 e. The number of aliphatic carboxylic acids is 1. The SMILES string of the molecule is C1CCCCC1.CN1CN(c2ccccc2)c2cc(Cl)c(-c3cccc(C(=O)C(=O)O)c3)cc2S1. The number of halogens is 1. The van der Waals surface area contributed by atoms with Crippen LogP contribution < -0.4 is 4.90 Å². The van der Waals surface area contributed by atoms with E-state index in [0.29, 0.717) is 17.3 Å². The summed E-state index contributed by atoms with van der Waals surface area (Å²) < 4.78 is 2.12. The van der Waals surface area contributed by atoms with Gasteiger partial charge in [0, 0.05) is 21.7 Å². The van der Waals surface area contributed by atoms with Crippen LogP contribution in [0.3, 0.4) is 0 Å². The van der Waals surface area contributed by atoms with Crippen LogP contribution in [0.1, 0.15) is 48.9 Å². The van der Waals surface area contributed by atoms with Gasteiger partial charge in [-0.05, 0) is 54.9 Å². The second kappa shape index (κ2) is 11.8. The molecular formula is C28H29ClN2O3S. The van der Waals surface area contributed by atoms with E-state index < -0.39 is 11.8 Å². The molecular weight excluding hydrogens is 480 g/mol. The van der Waals surface area contributed by atoms with Gasteiger partial charge in [0.1, 0.15) is 0 Å². The van der Waals surface area contributed by atoms with E-state index in [0.717, 1.165) is 21.8 Å². The third-order valence-corrected chi connectivity index (χ3v) is 7.40. The summed E-state index contributed by atoms with van der Waals surface area (Å²) in [5, 5.41) is 9.52. The van der Waals surface area contributed by atoms with Crippen LogP contribution in [0, 0.1) is 0 Å². The van der Waals surface area contributed by atoms with Crippen molar-refractivity contribution in [2.75, 3.05) is 18.6 Å². The number of hydrogen-bond donors (Lipinski definition) is 1. The van der Waals surface area contributed by atoms with Gasteiger partial charge in [-0.15, -0.1) is 0 Å². The van der Waals surface area contributed by atoms with Crippen LogP contribution in [0.5, 0.6) is 0 Å². The summed E-state index contributed by atoms with van der Waals surface area (Å²) >= 11 is 8.24. The zero-order valence-electron chi connectivity index (χ0n) is 19.7. The first-order valence-corrected chi connectivity index (χ1v) is 13.0. The van der Waals surface area contributed by atoms with Crippen molar-refractivity contribution in [1.82, 2.24) is 4.31 Å². The molecule has 7 heteroatoms. The van der Waals surface area contributed by atoms with E-state index in [1.165, 1.54) is 44.6 Å². The molecule has 3 aromatic rings. The topological polar surface area (TPSA) is 60.9 Å². The van der Waals surface area contributed by atoms with Gasteiger partial charge in [-0.2, -0.15) is 0 Å². The zero-order valence-corrected chi connectivity index (χ0v) is 21.3. The number of carboxylic acid groups (broad SMARTS) is 1. The maximum atomic E-state index is 11.8. The number of anilines is 2. The Morgan fingerprint density at radius 1 is 0.886 bits per heavy atom. The second-order valence-corrected chi connectivity index (χ2v) is 10.4. The van der Waals surface area contributed by atoms with E-state index >= 15 is 0 Å². The van der Waals surface area contributed by atoms with Gasteiger partial charge in [-0.3, -0.25) is 4.79 Å². The van der Waals surface area contributed by atoms with E-state index in [9.17, 15) is 9.59 Å². The fourth-order valence-corrected chi connectivity index (χ4v) is 5.57. The highest BCUT2D eigenvalue weighted by Gasteiger charge is 2.25. The van der Waals surface area contributed by atoms with E-state index in [4.69, 9.17) is 16.7 Å². The highest BCUT2D eigenvalue weighted by molar-refractivity contribution is 7.97. The summed E-state index contributed by atoms with van der Waals surface area (Å²) in [6, 6.07) is 20.5. The van der Waals surface area contributed by atoms with E-state index in [-0.39, 0.29) is 5.56 Å². The minimum absolute atomic E-state index is 0.125. The number of carboxylic acids is 1. The Morgan fingerprint density at radius 3 is 2.17 bits per heavy atom. The smallest absolute Gasteiger partial charge is 0.377 e. The first-order chi connectivity index (χ1) is 16.9. The standard InChI is InChI=1S/C22H17ClN2O3S.C6H12/c1-24-13-25(16-8-3-2-4-9-16)19-12-18(23)17(11-20(19)29-24)14-6-5-7-15(10-14)21(26)22(27)28;1-2-4-6-5-3-1/h2-12H,13H2,1H3,(H,27,28);1-6H2. The minimum Gasteiger partial charge on any atom is -0.475 e. The van der Waals surface area contributed by atoms with E-state index in [1.807, 2.05) is 43.4 Å². The number of ketones is 1. The Kier molecular flexibility index (Phi) is 8.50. The van der Waals surface area contributed by atoms with Crippen molar-refractivity contribution < 1.29 is 14.7 Å². The third kappa shape index (κ3) is 6.26. The Morgan fingerprint density at radius 2 is 1.54 bits per heavy atom. The van der Waals surface area contributed by atoms with Crippen LogP contribution in [0.2, 0.25) is 5.02 Å². The average Bonchev–Trinajstić information content (AvgIpc) is 2.89. The first kappa shape index (κ1) is 25.3. The molecule has 0 radical (unpaired) electrons. The molecule has 0 spiro atoms. The molecule has 182 valence electrons. The molecule has 1 N–H and O–H groups in total. The molecule has 0 atom stereocenters. The maximum Gasteiger partial charge on any atom is 0.377 e. The molecule has 1 aliphatic heterocycles. The number of carbonyl (C=O) groups is 2. The van der Waals surface area contributed by atoms with E-state index in [2.05, 4.69) is 21.3 Å². The number of benzene rings is 3. The second-order valence-electron chi connectivity index (χ2n) is 8.76. The Labute approximate surface area is 215 Å². The average molecular weight is 509 g/mol. The number of carbonyl (C=O) groups excluding carboxylic acids is 1. The minimum atomic E-state index is -1.48. The normalized spacial score (nSPS) is 15.5. The Balaban J connectivity index is 0.000000421. The van der Waals surface area contributed by atoms with Gasteiger partial charge < -0.3 is 10.0 Å². The summed E-state index contributed by atoms with van der Waals surface area (Å²) in [6.07, 6.45) is 9.00. The molecule has 3 aromatic carbocycles. The van der Waals surface area contributed by atoms with Crippen LogP contribution in [0.25, 0.3) is 11.1 Å². The number of Topliss-reactive ketones (excluding diaryl/α,β-unsaturated/α-hetero) is 1. The van der Waals surface area contributed by atoms with Crippen LogP contribution in [0.15, 0.2) is 71.6 Å². The fourth-order valence-electron chi connectivity index (χ4n) is 4.36. The summed E-state index contributed by atoms with van der Waals surface area (Å²) in [6.45, 7) is 0.708. The summed E-state index contributed by atoms with van der Waals surface area (Å²) in [7, 11) is 2.02. The molecule has 1 saturated carbocycles. The van der Waals surface area contributed by atoms with Gasteiger partial charge in [0.15, 0.2) is 0 Å². The molecule has 0 bridgehead atoms. The van der Waals surface area contributed by atoms with Crippen molar-refractivity contribution in [2.24, 2.45) is 0 Å². The number of nitrogens with zero attached hydrogens (tertiary/aromatic N) is 2. The number of rotatable bonds is 4. The molecule has 1 heterocycles. The molecule has 0 unspecified atom stereocenters. The van der Waals surface area contributed by atoms with Gasteiger partial charge >= 0.3 is 5.97 Å². The van der Waals surface area contributed by atoms with Crippen molar-refractivity contribution in [3.63, 3.8) is 0 Å². The van der Waals surface area contributed by atoms with Gasteiger partial charge in [0.05, 0.1) is 17.4 Å². The lowest BCUT2D eigenvalue weighted by Gasteiger charge is -2.36. The van der Waals surface area contributed by atoms with Gasteiger partial charge in [-0.25, -0.2) is 9.10 Å². The summed E-state index contributed by atoms with van der Waals surface area (Å²) in [5.41, 5.74) is 3.65. The van der Waals surface area contributed by atoms with Gasteiger partial charge in [-0.1, -0.05) is 86.5 Å². The van der Waals surface area contributed by atoms with Crippen LogP contribution in [-0.2, 0) is 4.79 Å². The number of fused-ring (bicyclic) bond motifs is 1. The first-order valence-electron chi connectivity index (χ1n) is 11.9. The van der Waals surface area contributed by atoms with Crippen molar-refractivity contribution in [3.8, 4) is 11.1 Å². The number of hydrogen-bond acceptors (Lipinski definition) is 5. The van der Waals surface area contributed by atoms with Crippen LogP contribution in [0.4, 0.5) is 11.4 Å². The lowest BCUT2D eigenvalue weighted by atomic mass is 10.0. The summed E-state index contributed by atoms with van der Waals surface area (Å²) in [4.78, 5) is 26.1. The number of para-hydroxylation sites is 1. The van der Waals surface area contributed by atoms with Crippen LogP contribution in [-0.4, -0.2) is 34.9 Å². The van der Waals surface area contributed by atoms with E-state index in [1.54, 1.807) is 24.1 Å². The molecule has 5 rings (SSSR count). The molecule has 0 aromatic heterocycles. The summed E-state index contributed by atoms with van der Waals surface area (Å²) in [5.74, 6) is -2.42. The monoisotopic (exact) mass is 508 g/mol. The molecule has 35 heavy (non-hydrogen) atoms. The Bertz CT molecular complexity index is 1190. The van der Waals surface area contributed by atoms with Crippen molar-refractivity contribution in [3.05, 3.63) is 77.3 Å². The predicted octanol–water partition coefficient (Wildman–Crippen LogP) is 7.66. The molecule has 2 aliphatic rings. The lowest BCUT2D eigenvalue weighted by molar-refractivity contribution is -0.131. The van der Waals surface area contributed by atoms with Crippen molar-refractivity contribution in [2.45, 2.75) is 43.4 Å². The zero-order chi connectivity index (χ0) is 24.8. The lowest BCUT2D eigenvalue weighted by Crippen LogP contribution is -2.32. The molecule has 5 nitrogen and oxygen atoms in total.